The number of esters is 1. The molecule has 0 amide bonds. The normalized spacial score (nSPS) is 13.3. The van der Waals surface area contributed by atoms with E-state index in [2.05, 4.69) is 0 Å². The number of methoxy groups -OCH3 is 4. The Morgan fingerprint density at radius 1 is 0.897 bits per heavy atom. The van der Waals surface area contributed by atoms with Crippen LogP contribution in [-0.2, 0) is 7.05 Å². The lowest BCUT2D eigenvalue weighted by Crippen LogP contribution is -2.10. The first-order valence-corrected chi connectivity index (χ1v) is 12.0. The molecule has 0 atom stereocenters. The highest BCUT2D eigenvalue weighted by Gasteiger charge is 2.31. The topological polar surface area (TPSA) is 94.5 Å². The van der Waals surface area contributed by atoms with Gasteiger partial charge in [-0.05, 0) is 55.5 Å². The summed E-state index contributed by atoms with van der Waals surface area (Å²) in [5.41, 5.74) is 2.92. The number of nitrogens with zero attached hydrogens (tertiary/aromatic N) is 1. The summed E-state index contributed by atoms with van der Waals surface area (Å²) >= 11 is 0. The molecule has 1 aliphatic heterocycles. The monoisotopic (exact) mass is 529 g/mol. The van der Waals surface area contributed by atoms with Gasteiger partial charge in [0, 0.05) is 35.3 Å². The summed E-state index contributed by atoms with van der Waals surface area (Å²) in [6.07, 6.45) is 3.64. The maximum atomic E-state index is 13.2. The van der Waals surface area contributed by atoms with Crippen molar-refractivity contribution in [2.45, 2.75) is 6.92 Å². The van der Waals surface area contributed by atoms with Crippen LogP contribution in [0.2, 0.25) is 0 Å². The van der Waals surface area contributed by atoms with Gasteiger partial charge in [-0.3, -0.25) is 4.79 Å². The quantitative estimate of drug-likeness (QED) is 0.180. The van der Waals surface area contributed by atoms with Crippen molar-refractivity contribution in [3.8, 4) is 34.5 Å². The van der Waals surface area contributed by atoms with Crippen LogP contribution in [0.1, 0.15) is 31.8 Å². The number of ether oxygens (including phenoxy) is 6. The van der Waals surface area contributed by atoms with Crippen LogP contribution < -0.4 is 28.4 Å². The van der Waals surface area contributed by atoms with E-state index < -0.39 is 5.97 Å². The van der Waals surface area contributed by atoms with Gasteiger partial charge in [-0.25, -0.2) is 4.79 Å². The number of carbonyl (C=O) groups excluding carboxylic acids is 2. The molecule has 1 aromatic heterocycles. The molecule has 200 valence electrons. The Balaban J connectivity index is 1.45. The standard InChI is InChI=1S/C30H27NO8/c1-16-23(39-30(33)17-11-25(35-4)29(37-6)26(12-17)36-5)10-8-20-27(32)24(38-28(16)20)13-18-15-31(2)22-9-7-19(34-3)14-21(18)22/h7-15H,1-6H3/b24-13-. The zero-order valence-corrected chi connectivity index (χ0v) is 22.4. The zero-order valence-electron chi connectivity index (χ0n) is 22.4. The molecule has 0 fully saturated rings. The second-order valence-corrected chi connectivity index (χ2v) is 8.89. The summed E-state index contributed by atoms with van der Waals surface area (Å²) in [5, 5.41) is 0.924. The lowest BCUT2D eigenvalue weighted by molar-refractivity contribution is 0.0732. The summed E-state index contributed by atoms with van der Waals surface area (Å²) < 4.78 is 35.0. The fraction of sp³-hybridized carbons (Fsp3) is 0.200. The van der Waals surface area contributed by atoms with Gasteiger partial charge in [0.1, 0.15) is 17.2 Å². The molecule has 0 saturated carbocycles. The van der Waals surface area contributed by atoms with Crippen molar-refractivity contribution >= 4 is 28.7 Å². The Hall–Kier alpha value is -4.92. The Kier molecular flexibility index (Phi) is 6.66. The number of fused-ring (bicyclic) bond motifs is 2. The van der Waals surface area contributed by atoms with Crippen molar-refractivity contribution in [3.05, 3.63) is 76.7 Å². The van der Waals surface area contributed by atoms with Crippen molar-refractivity contribution in [1.29, 1.82) is 0 Å². The van der Waals surface area contributed by atoms with E-state index in [1.807, 2.05) is 36.0 Å². The van der Waals surface area contributed by atoms with Crippen LogP contribution in [0.25, 0.3) is 17.0 Å². The molecule has 1 aliphatic rings. The van der Waals surface area contributed by atoms with Crippen LogP contribution in [-0.4, -0.2) is 44.8 Å². The number of aromatic nitrogens is 1. The van der Waals surface area contributed by atoms with Crippen LogP contribution in [0.5, 0.6) is 34.5 Å². The van der Waals surface area contributed by atoms with Crippen LogP contribution in [0.3, 0.4) is 0 Å². The molecule has 0 bridgehead atoms. The van der Waals surface area contributed by atoms with E-state index in [9.17, 15) is 9.59 Å². The lowest BCUT2D eigenvalue weighted by Gasteiger charge is -2.14. The van der Waals surface area contributed by atoms with Crippen LogP contribution >= 0.6 is 0 Å². The van der Waals surface area contributed by atoms with Gasteiger partial charge in [0.2, 0.25) is 11.5 Å². The highest BCUT2D eigenvalue weighted by Crippen LogP contribution is 2.41. The summed E-state index contributed by atoms with van der Waals surface area (Å²) in [4.78, 5) is 26.2. The molecular formula is C30H27NO8. The van der Waals surface area contributed by atoms with Gasteiger partial charge in [-0.1, -0.05) is 0 Å². The summed E-state index contributed by atoms with van der Waals surface area (Å²) in [5.74, 6) is 1.61. The molecule has 9 nitrogen and oxygen atoms in total. The first kappa shape index (κ1) is 25.7. The number of allylic oxidation sites excluding steroid dienone is 1. The fourth-order valence-electron chi connectivity index (χ4n) is 4.62. The van der Waals surface area contributed by atoms with Crippen molar-refractivity contribution in [2.75, 3.05) is 28.4 Å². The Morgan fingerprint density at radius 3 is 2.26 bits per heavy atom. The van der Waals surface area contributed by atoms with Gasteiger partial charge >= 0.3 is 5.97 Å². The van der Waals surface area contributed by atoms with Crippen molar-refractivity contribution < 1.29 is 38.0 Å². The third-order valence-electron chi connectivity index (χ3n) is 6.65. The number of Topliss-reactive ketones (excluding diaryl/α,β-unsaturated/α-hetero) is 1. The SMILES string of the molecule is COc1ccc2c(c1)c(/C=C1\Oc3c(ccc(OC(=O)c4cc(OC)c(OC)c(OC)c4)c3C)C1=O)cn2C. The highest BCUT2D eigenvalue weighted by molar-refractivity contribution is 6.15. The molecular weight excluding hydrogens is 502 g/mol. The fourth-order valence-corrected chi connectivity index (χ4v) is 4.62. The van der Waals surface area contributed by atoms with Gasteiger partial charge in [0.25, 0.3) is 0 Å². The number of carbonyl (C=O) groups is 2. The van der Waals surface area contributed by atoms with Crippen molar-refractivity contribution in [3.63, 3.8) is 0 Å². The minimum atomic E-state index is -0.637. The Labute approximate surface area is 225 Å². The second-order valence-electron chi connectivity index (χ2n) is 8.89. The number of hydrogen-bond acceptors (Lipinski definition) is 8. The number of hydrogen-bond donors (Lipinski definition) is 0. The number of rotatable bonds is 7. The number of ketones is 1. The lowest BCUT2D eigenvalue weighted by atomic mass is 10.1. The van der Waals surface area contributed by atoms with E-state index in [0.29, 0.717) is 39.9 Å². The van der Waals surface area contributed by atoms with Crippen LogP contribution in [0, 0.1) is 6.92 Å². The van der Waals surface area contributed by atoms with Gasteiger partial charge in [0.15, 0.2) is 17.3 Å². The Bertz CT molecular complexity index is 1640. The maximum Gasteiger partial charge on any atom is 0.343 e. The molecule has 0 aliphatic carbocycles. The van der Waals surface area contributed by atoms with Gasteiger partial charge in [-0.15, -0.1) is 0 Å². The van der Waals surface area contributed by atoms with Gasteiger partial charge in [-0.2, -0.15) is 0 Å². The van der Waals surface area contributed by atoms with E-state index in [-0.39, 0.29) is 22.9 Å². The molecule has 3 aromatic carbocycles. The van der Waals surface area contributed by atoms with E-state index in [0.717, 1.165) is 16.5 Å². The third kappa shape index (κ3) is 4.41. The molecule has 9 heteroatoms. The van der Waals surface area contributed by atoms with E-state index >= 15 is 0 Å². The molecule has 2 heterocycles. The third-order valence-corrected chi connectivity index (χ3v) is 6.65. The summed E-state index contributed by atoms with van der Waals surface area (Å²) in [7, 11) is 7.95. The van der Waals surface area contributed by atoms with Crippen molar-refractivity contribution in [2.24, 2.45) is 7.05 Å². The molecule has 0 radical (unpaired) electrons. The average molecular weight is 530 g/mol. The highest BCUT2D eigenvalue weighted by atomic mass is 16.5. The van der Waals surface area contributed by atoms with Gasteiger partial charge in [0.05, 0.1) is 39.6 Å². The molecule has 0 saturated heterocycles. The Morgan fingerprint density at radius 2 is 1.62 bits per heavy atom. The molecule has 5 rings (SSSR count). The molecule has 0 spiro atoms. The molecule has 4 aromatic rings. The van der Waals surface area contributed by atoms with Crippen LogP contribution in [0.15, 0.2) is 54.4 Å². The van der Waals surface area contributed by atoms with Gasteiger partial charge < -0.3 is 33.0 Å². The molecule has 0 unspecified atom stereocenters. The predicted molar refractivity (Wildman–Crippen MR) is 145 cm³/mol. The zero-order chi connectivity index (χ0) is 27.8. The largest absolute Gasteiger partial charge is 0.497 e. The van der Waals surface area contributed by atoms with Crippen LogP contribution in [0.4, 0.5) is 0 Å². The molecule has 0 N–H and O–H groups in total. The first-order valence-electron chi connectivity index (χ1n) is 12.0. The van der Waals surface area contributed by atoms with E-state index in [1.54, 1.807) is 32.2 Å². The second kappa shape index (κ2) is 10.1. The summed E-state index contributed by atoms with van der Waals surface area (Å²) in [6, 6.07) is 11.9. The van der Waals surface area contributed by atoms with E-state index in [1.165, 1.54) is 33.5 Å². The number of aryl methyl sites for hydroxylation is 1. The number of benzene rings is 3. The maximum absolute atomic E-state index is 13.2. The smallest absolute Gasteiger partial charge is 0.343 e. The van der Waals surface area contributed by atoms with Crippen molar-refractivity contribution in [1.82, 2.24) is 4.57 Å². The minimum Gasteiger partial charge on any atom is -0.497 e. The minimum absolute atomic E-state index is 0.177. The molecule has 39 heavy (non-hydrogen) atoms. The predicted octanol–water partition coefficient (Wildman–Crippen LogP) is 5.36. The first-order chi connectivity index (χ1) is 18.8. The average Bonchev–Trinajstić information content (AvgIpc) is 3.44. The van der Waals surface area contributed by atoms with E-state index in [4.69, 9.17) is 28.4 Å². The summed E-state index contributed by atoms with van der Waals surface area (Å²) in [6.45, 7) is 1.73.